The molecule has 3 nitrogen and oxygen atoms in total. The average Bonchev–Trinajstić information content (AvgIpc) is 2.42. The first-order valence-corrected chi connectivity index (χ1v) is 9.35. The summed E-state index contributed by atoms with van der Waals surface area (Å²) in [5, 5.41) is 0. The van der Waals surface area contributed by atoms with Gasteiger partial charge in [0.25, 0.3) is 10.0 Å². The lowest BCUT2D eigenvalue weighted by molar-refractivity contribution is 0.601. The van der Waals surface area contributed by atoms with Crippen LogP contribution in [-0.2, 0) is 10.0 Å². The summed E-state index contributed by atoms with van der Waals surface area (Å²) >= 11 is 4.97. The molecule has 6 heteroatoms. The number of nitrogens with one attached hydrogen (secondary N) is 1. The molecule has 106 valence electrons. The highest BCUT2D eigenvalue weighted by Crippen LogP contribution is 2.23. The van der Waals surface area contributed by atoms with Gasteiger partial charge in [0.15, 0.2) is 0 Å². The number of benzene rings is 2. The van der Waals surface area contributed by atoms with Crippen LogP contribution in [0.25, 0.3) is 0 Å². The van der Waals surface area contributed by atoms with Gasteiger partial charge < -0.3 is 0 Å². The molecule has 0 aliphatic heterocycles. The van der Waals surface area contributed by atoms with Crippen molar-refractivity contribution in [1.82, 2.24) is 0 Å². The van der Waals surface area contributed by atoms with Crippen molar-refractivity contribution in [2.75, 3.05) is 11.0 Å². The molecule has 0 aromatic heterocycles. The van der Waals surface area contributed by atoms with E-state index in [9.17, 15) is 8.42 Å². The number of aryl methyl sites for hydroxylation is 1. The van der Waals surface area contributed by atoms with E-state index in [1.54, 1.807) is 42.1 Å². The van der Waals surface area contributed by atoms with E-state index >= 15 is 0 Å². The Labute approximate surface area is 132 Å². The van der Waals surface area contributed by atoms with Crippen LogP contribution in [0.4, 0.5) is 5.69 Å². The molecule has 0 atom stereocenters. The third-order valence-electron chi connectivity index (χ3n) is 2.78. The predicted molar refractivity (Wildman–Crippen MR) is 87.9 cm³/mol. The minimum Gasteiger partial charge on any atom is -0.280 e. The molecular formula is C14H14BrNO2S2. The molecule has 0 aliphatic rings. The monoisotopic (exact) mass is 371 g/mol. The maximum absolute atomic E-state index is 12.3. The zero-order chi connectivity index (χ0) is 14.8. The summed E-state index contributed by atoms with van der Waals surface area (Å²) in [7, 11) is -3.55. The molecule has 0 aliphatic carbocycles. The largest absolute Gasteiger partial charge is 0.280 e. The average molecular weight is 372 g/mol. The Morgan fingerprint density at radius 3 is 2.30 bits per heavy atom. The third-order valence-corrected chi connectivity index (χ3v) is 5.79. The van der Waals surface area contributed by atoms with Gasteiger partial charge >= 0.3 is 0 Å². The minimum atomic E-state index is -3.55. The first kappa shape index (κ1) is 15.4. The Hall–Kier alpha value is -0.980. The molecule has 20 heavy (non-hydrogen) atoms. The van der Waals surface area contributed by atoms with E-state index in [4.69, 9.17) is 0 Å². The van der Waals surface area contributed by atoms with Gasteiger partial charge in [-0.3, -0.25) is 4.72 Å². The third kappa shape index (κ3) is 3.56. The van der Waals surface area contributed by atoms with E-state index in [1.165, 1.54) is 0 Å². The summed E-state index contributed by atoms with van der Waals surface area (Å²) in [5.41, 5.74) is 1.44. The molecule has 0 heterocycles. The van der Waals surface area contributed by atoms with E-state index < -0.39 is 10.0 Å². The molecule has 0 radical (unpaired) electrons. The fourth-order valence-corrected chi connectivity index (χ4v) is 3.46. The number of hydrogen-bond acceptors (Lipinski definition) is 3. The summed E-state index contributed by atoms with van der Waals surface area (Å²) in [6.45, 7) is 1.86. The summed E-state index contributed by atoms with van der Waals surface area (Å²) in [6.07, 6.45) is 1.98. The Morgan fingerprint density at radius 2 is 1.75 bits per heavy atom. The van der Waals surface area contributed by atoms with Gasteiger partial charge in [0.05, 0.1) is 4.90 Å². The van der Waals surface area contributed by atoms with Crippen molar-refractivity contribution in [2.24, 2.45) is 0 Å². The second-order valence-electron chi connectivity index (χ2n) is 4.24. The highest BCUT2D eigenvalue weighted by molar-refractivity contribution is 9.10. The Balaban J connectivity index is 2.27. The van der Waals surface area contributed by atoms with Gasteiger partial charge in [-0.1, -0.05) is 15.9 Å². The van der Waals surface area contributed by atoms with Crippen molar-refractivity contribution in [2.45, 2.75) is 16.7 Å². The van der Waals surface area contributed by atoms with Crippen LogP contribution >= 0.6 is 27.7 Å². The summed E-state index contributed by atoms with van der Waals surface area (Å²) in [5.74, 6) is 0. The summed E-state index contributed by atoms with van der Waals surface area (Å²) in [6, 6.07) is 12.2. The molecule has 0 spiro atoms. The quantitative estimate of drug-likeness (QED) is 0.815. The number of hydrogen-bond donors (Lipinski definition) is 1. The zero-order valence-corrected chi connectivity index (χ0v) is 14.3. The van der Waals surface area contributed by atoms with E-state index in [1.807, 2.05) is 25.3 Å². The Bertz CT molecular complexity index is 712. The van der Waals surface area contributed by atoms with Crippen molar-refractivity contribution in [3.8, 4) is 0 Å². The first-order valence-electron chi connectivity index (χ1n) is 5.85. The van der Waals surface area contributed by atoms with Gasteiger partial charge in [0, 0.05) is 15.1 Å². The molecule has 0 amide bonds. The van der Waals surface area contributed by atoms with Gasteiger partial charge in [0.2, 0.25) is 0 Å². The predicted octanol–water partition coefficient (Wildman–Crippen LogP) is 4.28. The molecule has 2 aromatic rings. The first-order chi connectivity index (χ1) is 9.42. The Morgan fingerprint density at radius 1 is 1.10 bits per heavy atom. The van der Waals surface area contributed by atoms with Crippen LogP contribution in [0.1, 0.15) is 5.56 Å². The molecule has 0 saturated heterocycles. The molecule has 2 rings (SSSR count). The zero-order valence-electron chi connectivity index (χ0n) is 11.1. The van der Waals surface area contributed by atoms with Crippen molar-refractivity contribution in [1.29, 1.82) is 0 Å². The molecule has 0 fully saturated rings. The molecule has 2 aromatic carbocycles. The lowest BCUT2D eigenvalue weighted by Crippen LogP contribution is -2.13. The highest BCUT2D eigenvalue weighted by Gasteiger charge is 2.14. The van der Waals surface area contributed by atoms with Crippen molar-refractivity contribution in [3.63, 3.8) is 0 Å². The van der Waals surface area contributed by atoms with Gasteiger partial charge in [-0.15, -0.1) is 11.8 Å². The van der Waals surface area contributed by atoms with Gasteiger partial charge in [-0.05, 0) is 61.2 Å². The van der Waals surface area contributed by atoms with Crippen LogP contribution in [0.3, 0.4) is 0 Å². The van der Waals surface area contributed by atoms with Crippen molar-refractivity contribution < 1.29 is 8.42 Å². The summed E-state index contributed by atoms with van der Waals surface area (Å²) < 4.78 is 28.0. The van der Waals surface area contributed by atoms with Gasteiger partial charge in [0.1, 0.15) is 0 Å². The molecular weight excluding hydrogens is 358 g/mol. The van der Waals surface area contributed by atoms with Crippen LogP contribution in [0, 0.1) is 6.92 Å². The molecule has 0 bridgehead atoms. The molecule has 1 N–H and O–H groups in total. The van der Waals surface area contributed by atoms with Crippen LogP contribution in [0.2, 0.25) is 0 Å². The van der Waals surface area contributed by atoms with Gasteiger partial charge in [-0.2, -0.15) is 0 Å². The highest BCUT2D eigenvalue weighted by atomic mass is 79.9. The fourth-order valence-electron chi connectivity index (χ4n) is 1.66. The van der Waals surface area contributed by atoms with Crippen molar-refractivity contribution >= 4 is 43.4 Å². The normalized spacial score (nSPS) is 11.3. The van der Waals surface area contributed by atoms with Crippen molar-refractivity contribution in [3.05, 3.63) is 52.5 Å². The number of halogens is 1. The second-order valence-corrected chi connectivity index (χ2v) is 7.66. The van der Waals surface area contributed by atoms with Crippen LogP contribution in [-0.4, -0.2) is 14.7 Å². The van der Waals surface area contributed by atoms with E-state index in [0.29, 0.717) is 5.69 Å². The Kier molecular flexibility index (Phi) is 4.78. The second kappa shape index (κ2) is 6.20. The van der Waals surface area contributed by atoms with E-state index in [-0.39, 0.29) is 4.90 Å². The molecule has 0 saturated carbocycles. The van der Waals surface area contributed by atoms with Crippen LogP contribution in [0.5, 0.6) is 0 Å². The number of sulfonamides is 1. The van der Waals surface area contributed by atoms with E-state index in [0.717, 1.165) is 14.9 Å². The fraction of sp³-hybridized carbons (Fsp3) is 0.143. The number of anilines is 1. The topological polar surface area (TPSA) is 46.2 Å². The van der Waals surface area contributed by atoms with Crippen LogP contribution < -0.4 is 4.72 Å². The SMILES string of the molecule is CSc1ccc(NS(=O)(=O)c2ccc(Br)c(C)c2)cc1. The number of thioether (sulfide) groups is 1. The minimum absolute atomic E-state index is 0.257. The standard InChI is InChI=1S/C14H14BrNO2S2/c1-10-9-13(7-8-14(10)15)20(17,18)16-11-3-5-12(19-2)6-4-11/h3-9,16H,1-2H3. The lowest BCUT2D eigenvalue weighted by Gasteiger charge is -2.09. The maximum atomic E-state index is 12.3. The number of rotatable bonds is 4. The van der Waals surface area contributed by atoms with Gasteiger partial charge in [-0.25, -0.2) is 8.42 Å². The lowest BCUT2D eigenvalue weighted by atomic mass is 10.2. The maximum Gasteiger partial charge on any atom is 0.261 e. The smallest absolute Gasteiger partial charge is 0.261 e. The molecule has 0 unspecified atom stereocenters. The van der Waals surface area contributed by atoms with E-state index in [2.05, 4.69) is 20.7 Å². The summed E-state index contributed by atoms with van der Waals surface area (Å²) in [4.78, 5) is 1.35. The van der Waals surface area contributed by atoms with Crippen LogP contribution in [0.15, 0.2) is 56.7 Å².